The van der Waals surface area contributed by atoms with E-state index in [4.69, 9.17) is 14.1 Å². The molecule has 2 rings (SSSR count). The van der Waals surface area contributed by atoms with Gasteiger partial charge in [-0.3, -0.25) is 0 Å². The molecule has 4 nitrogen and oxygen atoms in total. The first kappa shape index (κ1) is 28.2. The van der Waals surface area contributed by atoms with Crippen molar-refractivity contribution in [1.82, 2.24) is 0 Å². The third-order valence-electron chi connectivity index (χ3n) is 5.96. The zero-order valence-electron chi connectivity index (χ0n) is 20.8. The van der Waals surface area contributed by atoms with Gasteiger partial charge in [0.05, 0.1) is 5.56 Å². The van der Waals surface area contributed by atoms with Crippen LogP contribution in [0, 0.1) is 17.1 Å². The molecule has 182 valence electrons. The van der Waals surface area contributed by atoms with Gasteiger partial charge in [0.25, 0.3) is 8.32 Å². The molecule has 2 radical (unpaired) electrons. The van der Waals surface area contributed by atoms with Crippen molar-refractivity contribution in [2.75, 3.05) is 0 Å². The molecular formula is C26H36FNO3Si3. The Balaban J connectivity index is 2.07. The fourth-order valence-electron chi connectivity index (χ4n) is 3.87. The van der Waals surface area contributed by atoms with Crippen LogP contribution in [-0.4, -0.2) is 31.5 Å². The molecule has 34 heavy (non-hydrogen) atoms. The number of hydrogen-bond donors (Lipinski definition) is 0. The maximum Gasteiger partial charge on any atom is 0.449 e. The molecule has 0 heterocycles. The van der Waals surface area contributed by atoms with E-state index in [1.54, 1.807) is 6.07 Å². The highest BCUT2D eigenvalue weighted by Gasteiger charge is 2.38. The highest BCUT2D eigenvalue weighted by molar-refractivity contribution is 7.03. The Kier molecular flexibility index (Phi) is 11.9. The molecule has 0 N–H and O–H groups in total. The Bertz CT molecular complexity index is 961. The molecule has 0 aliphatic carbocycles. The molecule has 0 bridgehead atoms. The van der Waals surface area contributed by atoms with Crippen molar-refractivity contribution in [3.8, 4) is 22.9 Å². The largest absolute Gasteiger partial charge is 0.579 e. The van der Waals surface area contributed by atoms with Gasteiger partial charge in [0.1, 0.15) is 23.4 Å². The summed E-state index contributed by atoms with van der Waals surface area (Å²) in [5.41, 5.74) is 1.51. The maximum atomic E-state index is 14.0. The smallest absolute Gasteiger partial charge is 0.449 e. The van der Waals surface area contributed by atoms with Crippen molar-refractivity contribution in [2.45, 2.75) is 83.7 Å². The van der Waals surface area contributed by atoms with E-state index in [9.17, 15) is 8.85 Å². The quantitative estimate of drug-likeness (QED) is 0.187. The van der Waals surface area contributed by atoms with Gasteiger partial charge >= 0.3 is 8.44 Å². The van der Waals surface area contributed by atoms with Gasteiger partial charge in [-0.15, -0.1) is 0 Å². The van der Waals surface area contributed by atoms with E-state index in [1.807, 2.05) is 36.9 Å². The fourth-order valence-corrected chi connectivity index (χ4v) is 11.3. The normalized spacial score (nSPS) is 12.1. The predicted octanol–water partition coefficient (Wildman–Crippen LogP) is 7.18. The van der Waals surface area contributed by atoms with Gasteiger partial charge in [0, 0.05) is 0 Å². The van der Waals surface area contributed by atoms with E-state index in [2.05, 4.69) is 20.0 Å². The van der Waals surface area contributed by atoms with Gasteiger partial charge < -0.3 is 13.3 Å². The minimum absolute atomic E-state index is 0.0380. The van der Waals surface area contributed by atoms with Crippen LogP contribution < -0.4 is 4.74 Å². The zero-order chi connectivity index (χ0) is 25.0. The van der Waals surface area contributed by atoms with Gasteiger partial charge in [-0.25, -0.2) is 4.39 Å². The van der Waals surface area contributed by atoms with Crippen LogP contribution in [-0.2, 0) is 8.58 Å². The molecule has 2 aromatic rings. The summed E-state index contributed by atoms with van der Waals surface area (Å²) >= 11 is 0. The Morgan fingerprint density at radius 1 is 1.03 bits per heavy atom. The number of rotatable bonds is 15. The summed E-state index contributed by atoms with van der Waals surface area (Å²) in [6, 6.07) is 14.0. The minimum atomic E-state index is -2.34. The van der Waals surface area contributed by atoms with Crippen molar-refractivity contribution < 1.29 is 17.7 Å². The van der Waals surface area contributed by atoms with Crippen LogP contribution in [0.4, 0.5) is 4.39 Å². The first-order valence-electron chi connectivity index (χ1n) is 12.2. The molecule has 1 unspecified atom stereocenters. The lowest BCUT2D eigenvalue weighted by Gasteiger charge is -2.33. The van der Waals surface area contributed by atoms with Crippen LogP contribution in [0.1, 0.15) is 63.9 Å². The van der Waals surface area contributed by atoms with Crippen molar-refractivity contribution >= 4 is 25.8 Å². The molecule has 8 heteroatoms. The lowest BCUT2D eigenvalue weighted by molar-refractivity contribution is 0.232. The lowest BCUT2D eigenvalue weighted by atomic mass is 10.0. The van der Waals surface area contributed by atoms with E-state index < -0.39 is 22.6 Å². The van der Waals surface area contributed by atoms with Gasteiger partial charge in [0.15, 0.2) is 9.04 Å². The van der Waals surface area contributed by atoms with E-state index in [-0.39, 0.29) is 11.3 Å². The zero-order valence-corrected chi connectivity index (χ0v) is 23.8. The summed E-state index contributed by atoms with van der Waals surface area (Å²) in [5.74, 6) is 0.209. The summed E-state index contributed by atoms with van der Waals surface area (Å²) in [7, 11) is -4.06. The second-order valence-electron chi connectivity index (χ2n) is 9.09. The van der Waals surface area contributed by atoms with Crippen LogP contribution >= 0.6 is 0 Å². The number of halogens is 1. The van der Waals surface area contributed by atoms with Gasteiger partial charge in [0.2, 0.25) is 0 Å². The average Bonchev–Trinajstić information content (AvgIpc) is 2.82. The monoisotopic (exact) mass is 513 g/mol. The van der Waals surface area contributed by atoms with Crippen LogP contribution in [0.15, 0.2) is 42.5 Å². The van der Waals surface area contributed by atoms with E-state index in [1.165, 1.54) is 50.7 Å². The first-order chi connectivity index (χ1) is 16.3. The molecule has 1 atom stereocenters. The van der Waals surface area contributed by atoms with Crippen molar-refractivity contribution in [3.63, 3.8) is 0 Å². The van der Waals surface area contributed by atoms with Crippen LogP contribution in [0.2, 0.25) is 19.6 Å². The second-order valence-corrected chi connectivity index (χ2v) is 17.6. The highest BCUT2D eigenvalue weighted by atomic mass is 29.2. The van der Waals surface area contributed by atoms with Crippen molar-refractivity contribution in [3.05, 3.63) is 53.8 Å². The molecule has 0 aliphatic rings. The van der Waals surface area contributed by atoms with E-state index in [0.717, 1.165) is 24.2 Å². The summed E-state index contributed by atoms with van der Waals surface area (Å²) < 4.78 is 38.7. The average molecular weight is 514 g/mol. The van der Waals surface area contributed by atoms with Crippen LogP contribution in [0.25, 0.3) is 11.1 Å². The minimum Gasteiger partial charge on any atom is -0.579 e. The SMILES string of the molecule is CCCCCCCCCC(Oc1ccc(-c2ccc(C#N)c(F)c2)cc1)[Si](C)(C)O[Si](=O)[Si]C. The third kappa shape index (κ3) is 8.93. The number of nitriles is 1. The predicted molar refractivity (Wildman–Crippen MR) is 140 cm³/mol. The summed E-state index contributed by atoms with van der Waals surface area (Å²) in [6.07, 6.45) is 9.49. The number of nitrogens with zero attached hydrogens (tertiary/aromatic N) is 1. The molecule has 0 fully saturated rings. The molecule has 0 saturated heterocycles. The van der Waals surface area contributed by atoms with Gasteiger partial charge in [-0.2, -0.15) is 5.26 Å². The molecule has 0 saturated carbocycles. The van der Waals surface area contributed by atoms with E-state index >= 15 is 0 Å². The molecule has 2 aromatic carbocycles. The molecule has 0 amide bonds. The fraction of sp³-hybridized carbons (Fsp3) is 0.500. The molecule has 0 aliphatic heterocycles. The Labute approximate surface area is 209 Å². The van der Waals surface area contributed by atoms with Crippen LogP contribution in [0.5, 0.6) is 5.75 Å². The summed E-state index contributed by atoms with van der Waals surface area (Å²) in [6.45, 7) is 8.33. The molecule has 0 aromatic heterocycles. The van der Waals surface area contributed by atoms with Gasteiger partial charge in [-0.05, 0) is 61.3 Å². The first-order valence-corrected chi connectivity index (χ1v) is 19.0. The second kappa shape index (κ2) is 14.3. The van der Waals surface area contributed by atoms with Crippen LogP contribution in [0.3, 0.4) is 0 Å². The number of benzene rings is 2. The molecular weight excluding hydrogens is 478 g/mol. The highest BCUT2D eigenvalue weighted by Crippen LogP contribution is 2.27. The van der Waals surface area contributed by atoms with Crippen molar-refractivity contribution in [1.29, 1.82) is 5.26 Å². The molecule has 0 spiro atoms. The Morgan fingerprint density at radius 2 is 1.65 bits per heavy atom. The Hall–Kier alpha value is -2.09. The van der Waals surface area contributed by atoms with Crippen molar-refractivity contribution in [2.24, 2.45) is 0 Å². The number of hydrogen-bond acceptors (Lipinski definition) is 4. The summed E-state index contributed by atoms with van der Waals surface area (Å²) in [5, 5.41) is 8.93. The number of ether oxygens (including phenoxy) is 1. The lowest BCUT2D eigenvalue weighted by Crippen LogP contribution is -2.50. The van der Waals surface area contributed by atoms with Gasteiger partial charge in [-0.1, -0.05) is 70.2 Å². The number of unbranched alkanes of at least 4 members (excludes halogenated alkanes) is 6. The topological polar surface area (TPSA) is 59.3 Å². The summed E-state index contributed by atoms with van der Waals surface area (Å²) in [4.78, 5) is 0. The maximum absolute atomic E-state index is 14.0. The van der Waals surface area contributed by atoms with E-state index in [0.29, 0.717) is 14.6 Å². The Morgan fingerprint density at radius 3 is 2.24 bits per heavy atom. The standard InChI is InChI=1S/C26H36FNO3Si3/c1-5-6-7-8-9-10-11-12-26(34(3,4)31-33(29)32-2)30-24-17-15-21(16-18-24)22-13-14-23(20-28)25(27)19-22/h13-19,26H,5-12H2,1-4H3. The third-order valence-corrected chi connectivity index (χ3v) is 13.3.